The minimum atomic E-state index is -3.65. The van der Waals surface area contributed by atoms with Crippen molar-refractivity contribution < 1.29 is 45.9 Å². The largest absolute Gasteiger partial charge is 0.462 e. The molecule has 1 aromatic carbocycles. The summed E-state index contributed by atoms with van der Waals surface area (Å²) in [4.78, 5) is 59.8. The zero-order chi connectivity index (χ0) is 43.6. The monoisotopic (exact) mass is 874 g/mol. The summed E-state index contributed by atoms with van der Waals surface area (Å²) < 4.78 is 74.3. The summed E-state index contributed by atoms with van der Waals surface area (Å²) in [6.45, 7) is 2.81. The average Bonchev–Trinajstić information content (AvgIpc) is 4.13. The van der Waals surface area contributed by atoms with Gasteiger partial charge in [0.25, 0.3) is 18.2 Å². The zero-order valence-corrected chi connectivity index (χ0v) is 34.2. The summed E-state index contributed by atoms with van der Waals surface area (Å²) in [5, 5.41) is 16.3. The van der Waals surface area contributed by atoms with Gasteiger partial charge in [-0.05, 0) is 82.5 Å². The van der Waals surface area contributed by atoms with Gasteiger partial charge in [0.05, 0.1) is 54.5 Å². The van der Waals surface area contributed by atoms with Crippen molar-refractivity contribution >= 4 is 57.4 Å². The molecule has 5 fully saturated rings. The number of carbonyl (C=O) groups excluding carboxylic acids is 4. The normalized spacial score (nSPS) is 24.8. The number of likely N-dealkylation sites (tertiary alicyclic amines) is 1. The molecule has 16 nitrogen and oxygen atoms in total. The Bertz CT molecular complexity index is 2580. The SMILES string of the molecule is O=C1CCC(c2coc3c(NC(=O)C(F)(F)C4CCN(CC5CCC(n6cc(NC(=O)c7cnn8ccc(N9CC%10CC9CO%10)nc78)c(C(F)F)n6)CC5)CC4)cccc23)C(=O)N1. The first-order valence-corrected chi connectivity index (χ1v) is 21.6. The lowest BCUT2D eigenvalue weighted by Crippen LogP contribution is -2.47. The van der Waals surface area contributed by atoms with Crippen LogP contribution in [0.25, 0.3) is 16.6 Å². The van der Waals surface area contributed by atoms with E-state index in [9.17, 15) is 28.0 Å². The van der Waals surface area contributed by atoms with Gasteiger partial charge in [0.15, 0.2) is 16.9 Å². The van der Waals surface area contributed by atoms with E-state index < -0.39 is 47.6 Å². The average molecular weight is 875 g/mol. The number of furan rings is 1. The van der Waals surface area contributed by atoms with Crippen LogP contribution in [0.2, 0.25) is 0 Å². The van der Waals surface area contributed by atoms with Crippen LogP contribution in [0.5, 0.6) is 0 Å². The van der Waals surface area contributed by atoms with E-state index in [-0.39, 0.29) is 78.2 Å². The molecular weight excluding hydrogens is 829 g/mol. The molecule has 10 rings (SSSR count). The van der Waals surface area contributed by atoms with Crippen LogP contribution >= 0.6 is 0 Å². The van der Waals surface area contributed by atoms with Crippen LogP contribution in [0.4, 0.5) is 34.8 Å². The van der Waals surface area contributed by atoms with Gasteiger partial charge in [0.2, 0.25) is 11.8 Å². The number of morpholine rings is 1. The number of halogens is 4. The van der Waals surface area contributed by atoms with Gasteiger partial charge >= 0.3 is 5.92 Å². The van der Waals surface area contributed by atoms with Crippen molar-refractivity contribution in [3.05, 3.63) is 65.9 Å². The number of hydrogen-bond donors (Lipinski definition) is 3. The van der Waals surface area contributed by atoms with Crippen molar-refractivity contribution in [2.24, 2.45) is 11.8 Å². The van der Waals surface area contributed by atoms with Crippen molar-refractivity contribution in [2.75, 3.05) is 48.3 Å². The molecule has 1 aliphatic carbocycles. The lowest BCUT2D eigenvalue weighted by Gasteiger charge is -2.38. The van der Waals surface area contributed by atoms with Crippen LogP contribution in [0.3, 0.4) is 0 Å². The molecule has 4 aliphatic heterocycles. The lowest BCUT2D eigenvalue weighted by molar-refractivity contribution is -0.151. The molecule has 3 atom stereocenters. The third kappa shape index (κ3) is 7.80. The Balaban J connectivity index is 0.719. The Morgan fingerprint density at radius 1 is 0.984 bits per heavy atom. The van der Waals surface area contributed by atoms with Crippen molar-refractivity contribution in [1.29, 1.82) is 0 Å². The molecule has 0 spiro atoms. The summed E-state index contributed by atoms with van der Waals surface area (Å²) in [6, 6.07) is 6.62. The molecule has 0 radical (unpaired) electrons. The predicted octanol–water partition coefficient (Wildman–Crippen LogP) is 6.08. The van der Waals surface area contributed by atoms with E-state index >= 15 is 8.78 Å². The van der Waals surface area contributed by atoms with Gasteiger partial charge in [-0.15, -0.1) is 0 Å². The minimum absolute atomic E-state index is 0.0699. The van der Waals surface area contributed by atoms with E-state index in [1.54, 1.807) is 18.3 Å². The van der Waals surface area contributed by atoms with Crippen molar-refractivity contribution in [1.82, 2.24) is 34.6 Å². The van der Waals surface area contributed by atoms with Crippen molar-refractivity contribution in [3.8, 4) is 0 Å². The Hall–Kier alpha value is -5.89. The molecule has 8 heterocycles. The van der Waals surface area contributed by atoms with Gasteiger partial charge in [-0.1, -0.05) is 12.1 Å². The maximum atomic E-state index is 15.7. The van der Waals surface area contributed by atoms with Crippen LogP contribution in [0.1, 0.15) is 97.8 Å². The van der Waals surface area contributed by atoms with Gasteiger partial charge in [0.1, 0.15) is 11.4 Å². The summed E-state index contributed by atoms with van der Waals surface area (Å²) in [5.41, 5.74) is 0.621. The van der Waals surface area contributed by atoms with E-state index in [4.69, 9.17) is 14.1 Å². The van der Waals surface area contributed by atoms with Crippen molar-refractivity contribution in [3.63, 3.8) is 0 Å². The van der Waals surface area contributed by atoms with Gasteiger partial charge in [-0.3, -0.25) is 29.2 Å². The first-order chi connectivity index (χ1) is 30.4. The van der Waals surface area contributed by atoms with Crippen molar-refractivity contribution in [2.45, 2.75) is 94.2 Å². The Kier molecular flexibility index (Phi) is 10.7. The molecule has 20 heteroatoms. The molecule has 5 aromatic rings. The second-order valence-electron chi connectivity index (χ2n) is 17.5. The smallest absolute Gasteiger partial charge is 0.327 e. The molecule has 5 aliphatic rings. The second kappa shape index (κ2) is 16.3. The molecular formula is C43H46F4N10O6. The maximum Gasteiger partial charge on any atom is 0.327 e. The number of benzene rings is 1. The number of piperidine rings is 2. The number of imide groups is 1. The number of fused-ring (bicyclic) bond motifs is 4. The molecule has 332 valence electrons. The number of aromatic nitrogens is 5. The number of anilines is 3. The number of ether oxygens (including phenoxy) is 1. The highest BCUT2D eigenvalue weighted by Crippen LogP contribution is 2.40. The molecule has 3 N–H and O–H groups in total. The molecule has 4 saturated heterocycles. The van der Waals surface area contributed by atoms with Gasteiger partial charge in [0, 0.05) is 48.8 Å². The van der Waals surface area contributed by atoms with E-state index in [2.05, 4.69) is 35.9 Å². The Labute approximate surface area is 357 Å². The summed E-state index contributed by atoms with van der Waals surface area (Å²) in [5.74, 6) is -7.36. The fourth-order valence-corrected chi connectivity index (χ4v) is 10.2. The van der Waals surface area contributed by atoms with E-state index in [0.717, 1.165) is 19.3 Å². The first-order valence-electron chi connectivity index (χ1n) is 21.6. The number of carbonyl (C=O) groups is 4. The summed E-state index contributed by atoms with van der Waals surface area (Å²) in [7, 11) is 0. The molecule has 1 saturated carbocycles. The summed E-state index contributed by atoms with van der Waals surface area (Å²) >= 11 is 0. The fourth-order valence-electron chi connectivity index (χ4n) is 10.2. The highest BCUT2D eigenvalue weighted by atomic mass is 19.3. The maximum absolute atomic E-state index is 15.7. The second-order valence-corrected chi connectivity index (χ2v) is 17.5. The third-order valence-corrected chi connectivity index (χ3v) is 13.6. The number of para-hydroxylation sites is 1. The number of nitrogens with zero attached hydrogens (tertiary/aromatic N) is 7. The van der Waals surface area contributed by atoms with Crippen LogP contribution in [-0.4, -0.2) is 104 Å². The van der Waals surface area contributed by atoms with Gasteiger partial charge < -0.3 is 29.6 Å². The van der Waals surface area contributed by atoms with E-state index in [1.807, 2.05) is 6.07 Å². The predicted molar refractivity (Wildman–Crippen MR) is 219 cm³/mol. The van der Waals surface area contributed by atoms with Crippen LogP contribution in [0, 0.1) is 11.8 Å². The number of nitrogens with one attached hydrogen (secondary N) is 3. The quantitative estimate of drug-likeness (QED) is 0.103. The van der Waals surface area contributed by atoms with Gasteiger partial charge in [-0.2, -0.15) is 19.0 Å². The van der Waals surface area contributed by atoms with Crippen LogP contribution in [0.15, 0.2) is 53.5 Å². The Morgan fingerprint density at radius 2 is 1.79 bits per heavy atom. The highest BCUT2D eigenvalue weighted by molar-refractivity contribution is 6.08. The molecule has 4 amide bonds. The molecule has 2 bridgehead atoms. The number of hydrogen-bond acceptors (Lipinski definition) is 11. The summed E-state index contributed by atoms with van der Waals surface area (Å²) in [6.07, 6.45) is 7.65. The number of amides is 4. The highest BCUT2D eigenvalue weighted by Gasteiger charge is 2.48. The standard InChI is InChI=1S/C43H46F4N10O6/c44-38(45)36-33(49-41(60)30-17-48-56-15-12-34(51-39(30)56)55-19-27-16-26(55)21-62-27)20-57(53-36)25-6-4-23(5-7-25)18-54-13-10-24(11-14-54)43(46,47)42(61)50-32-3-1-2-28-31(22-63-37(28)32)29-8-9-35(58)52-40(29)59/h1-3,12,15,17,20,22-27,29,38H,4-11,13-14,16,18-19,21H2,(H,49,60)(H,50,61)(H,52,58,59). The molecule has 4 aromatic heterocycles. The third-order valence-electron chi connectivity index (χ3n) is 13.6. The number of alkyl halides is 4. The van der Waals surface area contributed by atoms with Crippen LogP contribution in [-0.2, 0) is 19.1 Å². The Morgan fingerprint density at radius 3 is 2.52 bits per heavy atom. The van der Waals surface area contributed by atoms with E-state index in [1.165, 1.54) is 33.9 Å². The van der Waals surface area contributed by atoms with Gasteiger partial charge in [-0.25, -0.2) is 18.3 Å². The molecule has 3 unspecified atom stereocenters. The first kappa shape index (κ1) is 41.1. The molecule has 63 heavy (non-hydrogen) atoms. The zero-order valence-electron chi connectivity index (χ0n) is 34.2. The topological polar surface area (TPSA) is 181 Å². The fraction of sp³-hybridized carbons (Fsp3) is 0.512. The minimum Gasteiger partial charge on any atom is -0.462 e. The van der Waals surface area contributed by atoms with Crippen LogP contribution < -0.4 is 20.9 Å². The lowest BCUT2D eigenvalue weighted by atomic mass is 9.84. The van der Waals surface area contributed by atoms with E-state index in [0.29, 0.717) is 68.0 Å². The number of rotatable bonds is 11.